The number of aliphatic hydroxyl groups is 1. The van der Waals surface area contributed by atoms with Crippen molar-refractivity contribution in [2.45, 2.75) is 19.4 Å². The quantitative estimate of drug-likeness (QED) is 0.789. The first-order valence-electron chi connectivity index (χ1n) is 4.88. The molecule has 0 amide bonds. The number of halogens is 1. The highest BCUT2D eigenvalue weighted by Gasteiger charge is 2.08. The Morgan fingerprint density at radius 2 is 2.13 bits per heavy atom. The van der Waals surface area contributed by atoms with Crippen molar-refractivity contribution >= 4 is 0 Å². The van der Waals surface area contributed by atoms with Crippen molar-refractivity contribution in [2.24, 2.45) is 0 Å². The maximum absolute atomic E-state index is 11.9. The summed E-state index contributed by atoms with van der Waals surface area (Å²) in [4.78, 5) is 0. The van der Waals surface area contributed by atoms with Crippen molar-refractivity contribution in [3.8, 4) is 11.5 Å². The van der Waals surface area contributed by atoms with Crippen LogP contribution in [0, 0.1) is 0 Å². The Morgan fingerprint density at radius 3 is 2.73 bits per heavy atom. The third-order valence-electron chi connectivity index (χ3n) is 2.03. The number of hydrogen-bond donors (Lipinski definition) is 2. The molecule has 0 aromatic heterocycles. The van der Waals surface area contributed by atoms with E-state index in [0.717, 1.165) is 0 Å². The summed E-state index contributed by atoms with van der Waals surface area (Å²) < 4.78 is 16.9. The number of rotatable bonds is 5. The highest BCUT2D eigenvalue weighted by Crippen LogP contribution is 2.27. The molecule has 1 aromatic rings. The van der Waals surface area contributed by atoms with Crippen LogP contribution in [0.25, 0.3) is 0 Å². The van der Waals surface area contributed by atoms with Crippen molar-refractivity contribution in [3.05, 3.63) is 23.8 Å². The number of aromatic hydroxyl groups is 1. The Bertz CT molecular complexity index is 315. The van der Waals surface area contributed by atoms with Gasteiger partial charge in [0.2, 0.25) is 0 Å². The van der Waals surface area contributed by atoms with Gasteiger partial charge in [-0.2, -0.15) is 0 Å². The topological polar surface area (TPSA) is 49.7 Å². The smallest absolute Gasteiger partial charge is 0.123 e. The van der Waals surface area contributed by atoms with E-state index in [2.05, 4.69) is 0 Å². The standard InChI is InChI=1S/C11H15FO3/c1-2-11(14)8-5-9(13)7-10(6-8)15-4-3-12/h5-7,11,13-14H,2-4H2,1H3/t11-/m0/s1. The van der Waals surface area contributed by atoms with Gasteiger partial charge in [0.05, 0.1) is 6.10 Å². The van der Waals surface area contributed by atoms with E-state index in [4.69, 9.17) is 4.74 Å². The van der Waals surface area contributed by atoms with Gasteiger partial charge in [-0.05, 0) is 24.1 Å². The number of benzene rings is 1. The molecule has 0 aliphatic heterocycles. The predicted molar refractivity (Wildman–Crippen MR) is 54.8 cm³/mol. The summed E-state index contributed by atoms with van der Waals surface area (Å²) in [5.41, 5.74) is 0.575. The zero-order valence-corrected chi connectivity index (χ0v) is 8.61. The molecule has 3 nitrogen and oxygen atoms in total. The fraction of sp³-hybridized carbons (Fsp3) is 0.455. The first kappa shape index (κ1) is 11.8. The normalized spacial score (nSPS) is 12.5. The van der Waals surface area contributed by atoms with Crippen LogP contribution >= 0.6 is 0 Å². The van der Waals surface area contributed by atoms with Crippen LogP contribution in [0.3, 0.4) is 0 Å². The Hall–Kier alpha value is -1.29. The monoisotopic (exact) mass is 214 g/mol. The molecule has 15 heavy (non-hydrogen) atoms. The SMILES string of the molecule is CC[C@H](O)c1cc(O)cc(OCCF)c1. The van der Waals surface area contributed by atoms with Gasteiger partial charge in [0.1, 0.15) is 24.8 Å². The van der Waals surface area contributed by atoms with Crippen LogP contribution in [0.5, 0.6) is 11.5 Å². The first-order valence-corrected chi connectivity index (χ1v) is 4.88. The fourth-order valence-corrected chi connectivity index (χ4v) is 1.27. The third kappa shape index (κ3) is 3.40. The Labute approximate surface area is 88.1 Å². The van der Waals surface area contributed by atoms with Gasteiger partial charge in [-0.1, -0.05) is 6.92 Å². The number of ether oxygens (including phenoxy) is 1. The average Bonchev–Trinajstić information content (AvgIpc) is 2.24. The van der Waals surface area contributed by atoms with E-state index in [1.165, 1.54) is 12.1 Å². The summed E-state index contributed by atoms with van der Waals surface area (Å²) in [6.45, 7) is 1.20. The van der Waals surface area contributed by atoms with Crippen molar-refractivity contribution in [3.63, 3.8) is 0 Å². The molecule has 0 saturated heterocycles. The molecular formula is C11H15FO3. The van der Waals surface area contributed by atoms with E-state index < -0.39 is 12.8 Å². The lowest BCUT2D eigenvalue weighted by molar-refractivity contribution is 0.172. The summed E-state index contributed by atoms with van der Waals surface area (Å²) in [5.74, 6) is 0.379. The summed E-state index contributed by atoms with van der Waals surface area (Å²) >= 11 is 0. The molecule has 84 valence electrons. The van der Waals surface area contributed by atoms with Crippen molar-refractivity contribution < 1.29 is 19.3 Å². The molecule has 2 N–H and O–H groups in total. The molecule has 0 aliphatic carbocycles. The molecule has 1 rings (SSSR count). The van der Waals surface area contributed by atoms with Gasteiger partial charge in [0, 0.05) is 6.07 Å². The lowest BCUT2D eigenvalue weighted by Gasteiger charge is -2.11. The van der Waals surface area contributed by atoms with Crippen molar-refractivity contribution in [1.29, 1.82) is 0 Å². The fourth-order valence-electron chi connectivity index (χ4n) is 1.27. The Morgan fingerprint density at radius 1 is 1.40 bits per heavy atom. The molecule has 4 heteroatoms. The summed E-state index contributed by atoms with van der Waals surface area (Å²) in [6.07, 6.45) is -0.0868. The number of aliphatic hydroxyl groups excluding tert-OH is 1. The summed E-state index contributed by atoms with van der Waals surface area (Å²) in [7, 11) is 0. The number of phenolic OH excluding ortho intramolecular Hbond substituents is 1. The third-order valence-corrected chi connectivity index (χ3v) is 2.03. The van der Waals surface area contributed by atoms with Gasteiger partial charge in [-0.3, -0.25) is 0 Å². The minimum atomic E-state index is -0.634. The second kappa shape index (κ2) is 5.56. The van der Waals surface area contributed by atoms with Gasteiger partial charge < -0.3 is 14.9 Å². The predicted octanol–water partition coefficient (Wildman–Crippen LogP) is 2.18. The molecule has 0 heterocycles. The van der Waals surface area contributed by atoms with Gasteiger partial charge in [-0.15, -0.1) is 0 Å². The van der Waals surface area contributed by atoms with Crippen LogP contribution in [-0.2, 0) is 0 Å². The van der Waals surface area contributed by atoms with Gasteiger partial charge in [-0.25, -0.2) is 4.39 Å². The van der Waals surface area contributed by atoms with Gasteiger partial charge in [0.15, 0.2) is 0 Å². The highest BCUT2D eigenvalue weighted by molar-refractivity contribution is 5.38. The summed E-state index contributed by atoms with van der Waals surface area (Å²) in [6, 6.07) is 4.46. The second-order valence-electron chi connectivity index (χ2n) is 3.22. The van der Waals surface area contributed by atoms with E-state index in [1.807, 2.05) is 6.92 Å². The van der Waals surface area contributed by atoms with E-state index in [9.17, 15) is 14.6 Å². The van der Waals surface area contributed by atoms with E-state index in [-0.39, 0.29) is 12.4 Å². The average molecular weight is 214 g/mol. The molecule has 0 aliphatic rings. The maximum Gasteiger partial charge on any atom is 0.123 e. The largest absolute Gasteiger partial charge is 0.508 e. The van der Waals surface area contributed by atoms with E-state index >= 15 is 0 Å². The van der Waals surface area contributed by atoms with Crippen LogP contribution in [0.2, 0.25) is 0 Å². The van der Waals surface area contributed by atoms with Crippen LogP contribution in [0.1, 0.15) is 25.0 Å². The van der Waals surface area contributed by atoms with Crippen LogP contribution in [0.15, 0.2) is 18.2 Å². The molecule has 1 atom stereocenters. The lowest BCUT2D eigenvalue weighted by atomic mass is 10.1. The molecular weight excluding hydrogens is 199 g/mol. The van der Waals surface area contributed by atoms with Gasteiger partial charge >= 0.3 is 0 Å². The van der Waals surface area contributed by atoms with Crippen LogP contribution in [0.4, 0.5) is 4.39 Å². The minimum Gasteiger partial charge on any atom is -0.508 e. The number of phenols is 1. The van der Waals surface area contributed by atoms with Crippen LogP contribution in [-0.4, -0.2) is 23.5 Å². The zero-order valence-electron chi connectivity index (χ0n) is 8.61. The molecule has 1 aromatic carbocycles. The van der Waals surface area contributed by atoms with Crippen molar-refractivity contribution in [2.75, 3.05) is 13.3 Å². The Balaban J connectivity index is 2.84. The zero-order chi connectivity index (χ0) is 11.3. The van der Waals surface area contributed by atoms with E-state index in [0.29, 0.717) is 17.7 Å². The maximum atomic E-state index is 11.9. The molecule has 0 radical (unpaired) electrons. The second-order valence-corrected chi connectivity index (χ2v) is 3.22. The molecule has 0 bridgehead atoms. The molecule has 0 unspecified atom stereocenters. The molecule has 0 spiro atoms. The highest BCUT2D eigenvalue weighted by atomic mass is 19.1. The Kier molecular flexibility index (Phi) is 4.37. The molecule has 0 fully saturated rings. The minimum absolute atomic E-state index is 0.00820. The van der Waals surface area contributed by atoms with Gasteiger partial charge in [0.25, 0.3) is 0 Å². The van der Waals surface area contributed by atoms with Crippen LogP contribution < -0.4 is 4.74 Å². The lowest BCUT2D eigenvalue weighted by Crippen LogP contribution is -2.00. The van der Waals surface area contributed by atoms with E-state index in [1.54, 1.807) is 6.07 Å². The summed E-state index contributed by atoms with van der Waals surface area (Å²) in [5, 5.41) is 18.9. The number of hydrogen-bond acceptors (Lipinski definition) is 3. The van der Waals surface area contributed by atoms with Crippen molar-refractivity contribution in [1.82, 2.24) is 0 Å². The first-order chi connectivity index (χ1) is 7.17. The molecule has 0 saturated carbocycles. The number of alkyl halides is 1.